The lowest BCUT2D eigenvalue weighted by molar-refractivity contribution is -0.141. The topological polar surface area (TPSA) is 30.5 Å². The number of nitrogens with one attached hydrogen (secondary N) is 1. The number of methoxy groups -OCH3 is 1. The van der Waals surface area contributed by atoms with Crippen LogP contribution in [-0.4, -0.2) is 26.3 Å². The molecule has 1 aromatic rings. The van der Waals surface area contributed by atoms with E-state index in [1.807, 2.05) is 0 Å². The van der Waals surface area contributed by atoms with Gasteiger partial charge < -0.3 is 14.8 Å². The summed E-state index contributed by atoms with van der Waals surface area (Å²) < 4.78 is 50.1. The zero-order valence-electron chi connectivity index (χ0n) is 10.4. The molecular weight excluding hydrogens is 259 g/mol. The molecule has 2 saturated heterocycles. The Kier molecular flexibility index (Phi) is 2.76. The number of hydrogen-bond acceptors (Lipinski definition) is 3. The number of ether oxygens (including phenoxy) is 2. The maximum absolute atomic E-state index is 13.2. The van der Waals surface area contributed by atoms with E-state index in [4.69, 9.17) is 9.47 Å². The number of benzene rings is 1. The fourth-order valence-electron chi connectivity index (χ4n) is 2.90. The Balaban J connectivity index is 2.10. The molecule has 2 aliphatic heterocycles. The van der Waals surface area contributed by atoms with Crippen molar-refractivity contribution >= 4 is 0 Å². The second-order valence-electron chi connectivity index (χ2n) is 5.00. The molecule has 0 aromatic heterocycles. The number of hydrogen-bond donors (Lipinski definition) is 1. The van der Waals surface area contributed by atoms with Crippen LogP contribution in [0.3, 0.4) is 0 Å². The second-order valence-corrected chi connectivity index (χ2v) is 5.00. The van der Waals surface area contributed by atoms with Crippen molar-refractivity contribution in [3.05, 3.63) is 29.3 Å². The first-order valence-corrected chi connectivity index (χ1v) is 6.08. The third-order valence-corrected chi connectivity index (χ3v) is 3.84. The molecule has 6 heteroatoms. The molecule has 3 rings (SSSR count). The fourth-order valence-corrected chi connectivity index (χ4v) is 2.90. The van der Waals surface area contributed by atoms with Crippen LogP contribution in [0.15, 0.2) is 18.2 Å². The standard InChI is InChI=1S/C13H14F3NO2/c1-18-9-2-3-10(11(4-9)13(14,15)16)12-5-8(6-19-12)17-7-12/h2-4,8,17H,5-7H2,1H3. The van der Waals surface area contributed by atoms with Crippen LogP contribution in [0, 0.1) is 0 Å². The molecule has 2 bridgehead atoms. The summed E-state index contributed by atoms with van der Waals surface area (Å²) in [4.78, 5) is 0. The van der Waals surface area contributed by atoms with Crippen molar-refractivity contribution in [3.8, 4) is 5.75 Å². The van der Waals surface area contributed by atoms with Gasteiger partial charge in [-0.3, -0.25) is 0 Å². The predicted molar refractivity (Wildman–Crippen MR) is 62.0 cm³/mol. The van der Waals surface area contributed by atoms with Gasteiger partial charge in [-0.2, -0.15) is 13.2 Å². The Morgan fingerprint density at radius 2 is 2.21 bits per heavy atom. The molecule has 3 nitrogen and oxygen atoms in total. The minimum absolute atomic E-state index is 0.156. The number of rotatable bonds is 2. The first-order valence-electron chi connectivity index (χ1n) is 6.08. The van der Waals surface area contributed by atoms with Crippen LogP contribution >= 0.6 is 0 Å². The highest BCUT2D eigenvalue weighted by Gasteiger charge is 2.51. The van der Waals surface area contributed by atoms with Gasteiger partial charge in [-0.1, -0.05) is 6.07 Å². The molecule has 0 saturated carbocycles. The van der Waals surface area contributed by atoms with Gasteiger partial charge in [0.15, 0.2) is 0 Å². The lowest BCUT2D eigenvalue weighted by Crippen LogP contribution is -2.38. The number of alkyl halides is 3. The van der Waals surface area contributed by atoms with Crippen LogP contribution in [0.4, 0.5) is 13.2 Å². The first kappa shape index (κ1) is 12.7. The van der Waals surface area contributed by atoms with Crippen LogP contribution in [0.25, 0.3) is 0 Å². The zero-order chi connectivity index (χ0) is 13.7. The Morgan fingerprint density at radius 3 is 2.68 bits per heavy atom. The largest absolute Gasteiger partial charge is 0.497 e. The summed E-state index contributed by atoms with van der Waals surface area (Å²) >= 11 is 0. The van der Waals surface area contributed by atoms with Gasteiger partial charge >= 0.3 is 6.18 Å². The summed E-state index contributed by atoms with van der Waals surface area (Å²) in [5.41, 5.74) is -1.31. The Morgan fingerprint density at radius 1 is 1.42 bits per heavy atom. The predicted octanol–water partition coefficient (Wildman–Crippen LogP) is 2.30. The van der Waals surface area contributed by atoms with E-state index in [1.54, 1.807) is 6.07 Å². The van der Waals surface area contributed by atoms with Gasteiger partial charge in [-0.15, -0.1) is 0 Å². The van der Waals surface area contributed by atoms with Gasteiger partial charge in [0.05, 0.1) is 19.3 Å². The van der Waals surface area contributed by atoms with E-state index in [9.17, 15) is 13.2 Å². The van der Waals surface area contributed by atoms with E-state index in [2.05, 4.69) is 5.32 Å². The molecule has 19 heavy (non-hydrogen) atoms. The van der Waals surface area contributed by atoms with Crippen molar-refractivity contribution in [3.63, 3.8) is 0 Å². The summed E-state index contributed by atoms with van der Waals surface area (Å²) in [7, 11) is 1.35. The van der Waals surface area contributed by atoms with Crippen molar-refractivity contribution in [2.75, 3.05) is 20.3 Å². The van der Waals surface area contributed by atoms with Crippen molar-refractivity contribution in [2.45, 2.75) is 24.2 Å². The quantitative estimate of drug-likeness (QED) is 0.897. The summed E-state index contributed by atoms with van der Waals surface area (Å²) in [5, 5.41) is 3.18. The van der Waals surface area contributed by atoms with Crippen LogP contribution in [0.2, 0.25) is 0 Å². The fraction of sp³-hybridized carbons (Fsp3) is 0.538. The highest BCUT2D eigenvalue weighted by atomic mass is 19.4. The minimum Gasteiger partial charge on any atom is -0.497 e. The van der Waals surface area contributed by atoms with E-state index in [0.29, 0.717) is 19.6 Å². The third-order valence-electron chi connectivity index (χ3n) is 3.84. The third kappa shape index (κ3) is 1.99. The van der Waals surface area contributed by atoms with Gasteiger partial charge in [0.25, 0.3) is 0 Å². The lowest BCUT2D eigenvalue weighted by Gasteiger charge is -2.30. The molecule has 2 atom stereocenters. The monoisotopic (exact) mass is 273 g/mol. The van der Waals surface area contributed by atoms with Gasteiger partial charge in [-0.25, -0.2) is 0 Å². The van der Waals surface area contributed by atoms with Crippen molar-refractivity contribution in [1.82, 2.24) is 5.32 Å². The van der Waals surface area contributed by atoms with Crippen LogP contribution in [-0.2, 0) is 16.5 Å². The Labute approximate surface area is 108 Å². The van der Waals surface area contributed by atoms with Gasteiger partial charge in [0.1, 0.15) is 11.4 Å². The van der Waals surface area contributed by atoms with Crippen LogP contribution in [0.5, 0.6) is 5.75 Å². The summed E-state index contributed by atoms with van der Waals surface area (Å²) in [6.45, 7) is 0.885. The molecule has 1 N–H and O–H groups in total. The molecule has 2 unspecified atom stereocenters. The smallest absolute Gasteiger partial charge is 0.416 e. The Hall–Kier alpha value is -1.27. The van der Waals surface area contributed by atoms with Gasteiger partial charge in [0, 0.05) is 12.6 Å². The lowest BCUT2D eigenvalue weighted by atomic mass is 9.88. The molecule has 0 aliphatic carbocycles. The second kappa shape index (κ2) is 4.11. The van der Waals surface area contributed by atoms with Gasteiger partial charge in [-0.05, 0) is 24.1 Å². The molecule has 2 fully saturated rings. The maximum atomic E-state index is 13.2. The van der Waals surface area contributed by atoms with E-state index in [1.165, 1.54) is 13.2 Å². The summed E-state index contributed by atoms with van der Waals surface area (Å²) in [6.07, 6.45) is -3.83. The molecule has 2 heterocycles. The van der Waals surface area contributed by atoms with E-state index in [-0.39, 0.29) is 17.4 Å². The van der Waals surface area contributed by atoms with Crippen molar-refractivity contribution in [1.29, 1.82) is 0 Å². The average Bonchev–Trinajstić information content (AvgIpc) is 2.98. The molecule has 104 valence electrons. The normalized spacial score (nSPS) is 29.8. The van der Waals surface area contributed by atoms with E-state index >= 15 is 0 Å². The number of halogens is 3. The van der Waals surface area contributed by atoms with E-state index < -0.39 is 17.3 Å². The highest BCUT2D eigenvalue weighted by Crippen LogP contribution is 2.46. The van der Waals surface area contributed by atoms with Crippen LogP contribution in [0.1, 0.15) is 17.5 Å². The number of fused-ring (bicyclic) bond motifs is 2. The minimum atomic E-state index is -4.41. The van der Waals surface area contributed by atoms with Crippen molar-refractivity contribution < 1.29 is 22.6 Å². The molecule has 0 radical (unpaired) electrons. The molecule has 2 aliphatic rings. The highest BCUT2D eigenvalue weighted by molar-refractivity contribution is 5.42. The number of morpholine rings is 1. The van der Waals surface area contributed by atoms with Crippen LogP contribution < -0.4 is 10.1 Å². The molecule has 0 amide bonds. The SMILES string of the molecule is COc1ccc(C23CNC(CO2)C3)c(C(F)(F)F)c1. The average molecular weight is 273 g/mol. The Bertz CT molecular complexity index is 493. The van der Waals surface area contributed by atoms with Gasteiger partial charge in [0.2, 0.25) is 0 Å². The van der Waals surface area contributed by atoms with Crippen molar-refractivity contribution in [2.24, 2.45) is 0 Å². The first-order chi connectivity index (χ1) is 8.94. The molecule has 0 spiro atoms. The zero-order valence-corrected chi connectivity index (χ0v) is 10.4. The summed E-state index contributed by atoms with van der Waals surface area (Å²) in [6, 6.07) is 4.22. The molecule has 1 aromatic carbocycles. The molecular formula is C13H14F3NO2. The maximum Gasteiger partial charge on any atom is 0.416 e. The summed E-state index contributed by atoms with van der Waals surface area (Å²) in [5.74, 6) is 0.202. The van der Waals surface area contributed by atoms with E-state index in [0.717, 1.165) is 6.07 Å².